The molecule has 1 heterocycles. The van der Waals surface area contributed by atoms with E-state index in [1.54, 1.807) is 0 Å². The van der Waals surface area contributed by atoms with Crippen LogP contribution in [0, 0.1) is 6.92 Å². The van der Waals surface area contributed by atoms with Crippen LogP contribution < -0.4 is 10.9 Å². The molecular formula is C12H15N3O. The Morgan fingerprint density at radius 1 is 1.31 bits per heavy atom. The van der Waals surface area contributed by atoms with Gasteiger partial charge in [-0.15, -0.1) is 0 Å². The third-order valence-corrected chi connectivity index (χ3v) is 2.63. The van der Waals surface area contributed by atoms with Gasteiger partial charge in [0.1, 0.15) is 0 Å². The Hall–Kier alpha value is -1.68. The van der Waals surface area contributed by atoms with E-state index >= 15 is 0 Å². The van der Waals surface area contributed by atoms with E-state index in [-0.39, 0.29) is 5.56 Å². The van der Waals surface area contributed by atoms with Crippen molar-refractivity contribution in [3.63, 3.8) is 0 Å². The first-order chi connectivity index (χ1) is 7.74. The minimum absolute atomic E-state index is 0.0172. The normalized spacial score (nSPS) is 10.9. The maximum absolute atomic E-state index is 12.1. The molecule has 1 N–H and O–H groups in total. The van der Waals surface area contributed by atoms with Crippen molar-refractivity contribution in [2.24, 2.45) is 0 Å². The molecule has 0 aliphatic carbocycles. The molecule has 1 aromatic heterocycles. The number of hydrogen-bond acceptors (Lipinski definition) is 3. The van der Waals surface area contributed by atoms with Crippen LogP contribution in [0.3, 0.4) is 0 Å². The smallest absolute Gasteiger partial charge is 0.274 e. The number of aryl methyl sites for hydroxylation is 1. The fourth-order valence-corrected chi connectivity index (χ4v) is 1.77. The molecule has 4 nitrogen and oxygen atoms in total. The highest BCUT2D eigenvalue weighted by molar-refractivity contribution is 5.83. The van der Waals surface area contributed by atoms with Crippen molar-refractivity contribution in [3.8, 4) is 0 Å². The van der Waals surface area contributed by atoms with Crippen molar-refractivity contribution < 1.29 is 0 Å². The van der Waals surface area contributed by atoms with E-state index in [1.807, 2.05) is 38.2 Å². The second-order valence-corrected chi connectivity index (χ2v) is 3.76. The summed E-state index contributed by atoms with van der Waals surface area (Å²) < 4.78 is 1.52. The van der Waals surface area contributed by atoms with E-state index in [1.165, 1.54) is 4.68 Å². The van der Waals surface area contributed by atoms with Gasteiger partial charge in [0.25, 0.3) is 5.56 Å². The van der Waals surface area contributed by atoms with Crippen molar-refractivity contribution in [2.45, 2.75) is 13.5 Å². The number of aromatic nitrogens is 2. The molecule has 0 spiro atoms. The second-order valence-electron chi connectivity index (χ2n) is 3.76. The van der Waals surface area contributed by atoms with Crippen LogP contribution in [0.25, 0.3) is 10.8 Å². The van der Waals surface area contributed by atoms with E-state index in [9.17, 15) is 4.79 Å². The third kappa shape index (κ3) is 1.84. The Bertz CT molecular complexity index is 560. The van der Waals surface area contributed by atoms with Crippen LogP contribution in [-0.2, 0) is 6.54 Å². The highest BCUT2D eigenvalue weighted by Crippen LogP contribution is 2.11. The molecule has 0 atom stereocenters. The van der Waals surface area contributed by atoms with Crippen molar-refractivity contribution in [1.82, 2.24) is 15.1 Å². The molecule has 0 saturated carbocycles. The van der Waals surface area contributed by atoms with E-state index in [0.29, 0.717) is 6.54 Å². The van der Waals surface area contributed by atoms with Gasteiger partial charge in [-0.1, -0.05) is 18.2 Å². The van der Waals surface area contributed by atoms with Gasteiger partial charge in [0.2, 0.25) is 0 Å². The molecule has 4 heteroatoms. The zero-order valence-corrected chi connectivity index (χ0v) is 9.53. The number of likely N-dealkylation sites (N-methyl/N-ethyl adjacent to an activating group) is 1. The molecule has 2 rings (SSSR count). The Labute approximate surface area is 93.9 Å². The van der Waals surface area contributed by atoms with Crippen molar-refractivity contribution >= 4 is 10.8 Å². The van der Waals surface area contributed by atoms with Gasteiger partial charge < -0.3 is 5.32 Å². The highest BCUT2D eigenvalue weighted by Gasteiger charge is 2.06. The van der Waals surface area contributed by atoms with Crippen molar-refractivity contribution in [3.05, 3.63) is 40.3 Å². The fourth-order valence-electron chi connectivity index (χ4n) is 1.77. The van der Waals surface area contributed by atoms with Crippen LogP contribution in [0.15, 0.2) is 29.1 Å². The molecule has 0 aliphatic heterocycles. The maximum atomic E-state index is 12.1. The molecule has 0 radical (unpaired) electrons. The average Bonchev–Trinajstić information content (AvgIpc) is 2.32. The first-order valence-electron chi connectivity index (χ1n) is 5.35. The Morgan fingerprint density at radius 3 is 2.69 bits per heavy atom. The average molecular weight is 217 g/mol. The van der Waals surface area contributed by atoms with E-state index in [4.69, 9.17) is 0 Å². The lowest BCUT2D eigenvalue weighted by atomic mass is 10.1. The summed E-state index contributed by atoms with van der Waals surface area (Å²) in [6, 6.07) is 7.59. The van der Waals surface area contributed by atoms with Crippen LogP contribution >= 0.6 is 0 Å². The number of nitrogens with one attached hydrogen (secondary N) is 1. The highest BCUT2D eigenvalue weighted by atomic mass is 16.1. The van der Waals surface area contributed by atoms with Gasteiger partial charge in [0.05, 0.1) is 17.6 Å². The summed E-state index contributed by atoms with van der Waals surface area (Å²) in [4.78, 5) is 12.1. The van der Waals surface area contributed by atoms with Crippen LogP contribution in [0.1, 0.15) is 5.69 Å². The van der Waals surface area contributed by atoms with Gasteiger partial charge in [0, 0.05) is 11.9 Å². The second kappa shape index (κ2) is 4.45. The van der Waals surface area contributed by atoms with Gasteiger partial charge in [0.15, 0.2) is 0 Å². The van der Waals surface area contributed by atoms with Gasteiger partial charge in [-0.2, -0.15) is 5.10 Å². The summed E-state index contributed by atoms with van der Waals surface area (Å²) in [5, 5.41) is 8.99. The van der Waals surface area contributed by atoms with Gasteiger partial charge >= 0.3 is 0 Å². The summed E-state index contributed by atoms with van der Waals surface area (Å²) in [6.45, 7) is 3.27. The molecule has 0 aliphatic rings. The molecule has 0 bridgehead atoms. The van der Waals surface area contributed by atoms with Gasteiger partial charge in [-0.05, 0) is 20.0 Å². The lowest BCUT2D eigenvalue weighted by Gasteiger charge is -2.07. The Morgan fingerprint density at radius 2 is 2.00 bits per heavy atom. The molecule has 0 unspecified atom stereocenters. The molecule has 84 valence electrons. The van der Waals surface area contributed by atoms with Crippen LogP contribution in [-0.4, -0.2) is 23.4 Å². The third-order valence-electron chi connectivity index (χ3n) is 2.63. The van der Waals surface area contributed by atoms with Crippen LogP contribution in [0.2, 0.25) is 0 Å². The topological polar surface area (TPSA) is 46.9 Å². The monoisotopic (exact) mass is 217 g/mol. The summed E-state index contributed by atoms with van der Waals surface area (Å²) in [7, 11) is 1.86. The summed E-state index contributed by atoms with van der Waals surface area (Å²) >= 11 is 0. The zero-order chi connectivity index (χ0) is 11.5. The van der Waals surface area contributed by atoms with Crippen molar-refractivity contribution in [1.29, 1.82) is 0 Å². The fraction of sp³-hybridized carbons (Fsp3) is 0.333. The quantitative estimate of drug-likeness (QED) is 0.831. The number of nitrogens with zero attached hydrogens (tertiary/aromatic N) is 2. The minimum Gasteiger partial charge on any atom is -0.318 e. The van der Waals surface area contributed by atoms with E-state index < -0.39 is 0 Å². The molecular weight excluding hydrogens is 202 g/mol. The number of hydrogen-bond donors (Lipinski definition) is 1. The zero-order valence-electron chi connectivity index (χ0n) is 9.53. The number of fused-ring (bicyclic) bond motifs is 1. The van der Waals surface area contributed by atoms with E-state index in [2.05, 4.69) is 10.4 Å². The molecule has 0 amide bonds. The lowest BCUT2D eigenvalue weighted by Crippen LogP contribution is -2.28. The minimum atomic E-state index is -0.0172. The first-order valence-corrected chi connectivity index (χ1v) is 5.35. The maximum Gasteiger partial charge on any atom is 0.274 e. The molecule has 0 fully saturated rings. The van der Waals surface area contributed by atoms with E-state index in [0.717, 1.165) is 23.0 Å². The summed E-state index contributed by atoms with van der Waals surface area (Å²) in [5.74, 6) is 0. The SMILES string of the molecule is CNCCn1nc(C)c2ccccc2c1=O. The van der Waals surface area contributed by atoms with Gasteiger partial charge in [-0.3, -0.25) is 4.79 Å². The predicted octanol–water partition coefficient (Wildman–Crippen LogP) is 0.924. The first kappa shape index (κ1) is 10.8. The molecule has 1 aromatic carbocycles. The standard InChI is InChI=1S/C12H15N3O/c1-9-10-5-3-4-6-11(10)12(16)15(14-9)8-7-13-2/h3-6,13H,7-8H2,1-2H3. The predicted molar refractivity (Wildman–Crippen MR) is 64.7 cm³/mol. The Kier molecular flexibility index (Phi) is 3.01. The largest absolute Gasteiger partial charge is 0.318 e. The van der Waals surface area contributed by atoms with Crippen LogP contribution in [0.5, 0.6) is 0 Å². The van der Waals surface area contributed by atoms with Crippen molar-refractivity contribution in [2.75, 3.05) is 13.6 Å². The number of rotatable bonds is 3. The molecule has 16 heavy (non-hydrogen) atoms. The van der Waals surface area contributed by atoms with Gasteiger partial charge in [-0.25, -0.2) is 4.68 Å². The molecule has 2 aromatic rings. The molecule has 0 saturated heterocycles. The summed E-state index contributed by atoms with van der Waals surface area (Å²) in [6.07, 6.45) is 0. The van der Waals surface area contributed by atoms with Crippen LogP contribution in [0.4, 0.5) is 0 Å². The lowest BCUT2D eigenvalue weighted by molar-refractivity contribution is 0.555. The Balaban J connectivity index is 2.61. The summed E-state index contributed by atoms with van der Waals surface area (Å²) in [5.41, 5.74) is 0.878. The number of benzene rings is 1.